The number of pyridine rings is 2. The van der Waals surface area contributed by atoms with Gasteiger partial charge in [-0.2, -0.15) is 20.5 Å². The zero-order chi connectivity index (χ0) is 53.8. The highest BCUT2D eigenvalue weighted by Gasteiger charge is 2.45. The molecular weight excluding hydrogens is 1030 g/mol. The number of halogens is 3. The van der Waals surface area contributed by atoms with Gasteiger partial charge in [0.05, 0.1) is 68.4 Å². The Labute approximate surface area is 448 Å². The summed E-state index contributed by atoms with van der Waals surface area (Å²) in [5.41, 5.74) is 9.64. The van der Waals surface area contributed by atoms with Crippen molar-refractivity contribution in [2.45, 2.75) is 89.3 Å². The van der Waals surface area contributed by atoms with Gasteiger partial charge < -0.3 is 39.4 Å². The number of nitriles is 2. The average molecular weight is 1080 g/mol. The highest BCUT2D eigenvalue weighted by molar-refractivity contribution is 7.23. The Hall–Kier alpha value is -7.75. The van der Waals surface area contributed by atoms with Crippen molar-refractivity contribution < 1.29 is 37.7 Å². The highest BCUT2D eigenvalue weighted by atomic mass is 35.5. The number of aromatic nitrogens is 4. The Bertz CT molecular complexity index is 3880. The van der Waals surface area contributed by atoms with Crippen molar-refractivity contribution in [1.82, 2.24) is 29.3 Å². The second-order valence-corrected chi connectivity index (χ2v) is 21.8. The van der Waals surface area contributed by atoms with Crippen LogP contribution in [0.2, 0.25) is 5.02 Å². The van der Waals surface area contributed by atoms with E-state index in [1.807, 2.05) is 24.0 Å². The molecule has 7 aromatic rings. The topological polar surface area (TPSA) is 226 Å². The van der Waals surface area contributed by atoms with E-state index in [4.69, 9.17) is 41.5 Å². The second-order valence-electron chi connectivity index (χ2n) is 20.3. The number of aliphatic hydroxyl groups is 1. The van der Waals surface area contributed by atoms with Gasteiger partial charge in [-0.25, -0.2) is 18.6 Å². The number of thiophene rings is 1. The van der Waals surface area contributed by atoms with E-state index < -0.39 is 41.8 Å². The minimum atomic E-state index is -1.57. The number of cyclic esters (lactones) is 1. The van der Waals surface area contributed by atoms with Crippen molar-refractivity contribution in [3.8, 4) is 46.4 Å². The van der Waals surface area contributed by atoms with Gasteiger partial charge in [0.15, 0.2) is 11.9 Å². The number of carbonyl (C=O) groups excluding carboxylic acids is 2. The minimum Gasteiger partial charge on any atom is -0.486 e. The number of benzene rings is 3. The van der Waals surface area contributed by atoms with Crippen molar-refractivity contribution in [3.05, 3.63) is 109 Å². The molecule has 1 amide bonds. The van der Waals surface area contributed by atoms with E-state index in [0.717, 1.165) is 66.6 Å². The molecule has 4 aromatic heterocycles. The Morgan fingerprint density at radius 1 is 1.06 bits per heavy atom. The number of piperazine rings is 1. The van der Waals surface area contributed by atoms with Gasteiger partial charge in [0.25, 0.3) is 11.5 Å². The summed E-state index contributed by atoms with van der Waals surface area (Å²) < 4.78 is 52.4. The van der Waals surface area contributed by atoms with Gasteiger partial charge in [0, 0.05) is 58.1 Å². The van der Waals surface area contributed by atoms with Crippen molar-refractivity contribution in [1.29, 1.82) is 10.5 Å². The highest BCUT2D eigenvalue weighted by Crippen LogP contribution is 2.47. The van der Waals surface area contributed by atoms with Gasteiger partial charge in [-0.3, -0.25) is 14.5 Å². The first-order valence-electron chi connectivity index (χ1n) is 25.5. The van der Waals surface area contributed by atoms with Crippen LogP contribution in [0.1, 0.15) is 79.9 Å². The number of nitrogen functional groups attached to an aromatic ring is 1. The minimum absolute atomic E-state index is 0.00604. The number of aliphatic hydroxyl groups excluding tert-OH is 1. The van der Waals surface area contributed by atoms with Gasteiger partial charge in [-0.1, -0.05) is 31.2 Å². The predicted molar refractivity (Wildman–Crippen MR) is 285 cm³/mol. The van der Waals surface area contributed by atoms with Crippen LogP contribution >= 0.6 is 22.9 Å². The molecule has 9 heterocycles. The number of fused-ring (bicyclic) bond motifs is 8. The SMILES string of the molecule is C=C(C(=O)N1CCN(c2nc(OCC34CCCN3CCC4)nc3c(F)c(-c4ccc(F)c5sc(N)c(C#N)c45)c(Cl)cc23)CC1CC#N)C(C)Oc1ccc2nc3c(c(CC)c2c1)Cn1c-3cc2c(c1=O)COC(=O)C2O. The first kappa shape index (κ1) is 50.1. The number of esters is 1. The maximum atomic E-state index is 17.5. The predicted octanol–water partition coefficient (Wildman–Crippen LogP) is 8.25. The molecule has 3 atom stereocenters. The number of amides is 1. The molecule has 17 nitrogen and oxygen atoms in total. The first-order chi connectivity index (χ1) is 37.1. The van der Waals surface area contributed by atoms with Gasteiger partial charge in [-0.05, 0) is 99.6 Å². The van der Waals surface area contributed by atoms with E-state index >= 15 is 8.78 Å². The van der Waals surface area contributed by atoms with Crippen LogP contribution in [0, 0.1) is 34.3 Å². The molecule has 3 N–H and O–H groups in total. The van der Waals surface area contributed by atoms with Crippen molar-refractivity contribution in [2.75, 3.05) is 50.0 Å². The van der Waals surface area contributed by atoms with Crippen molar-refractivity contribution in [2.24, 2.45) is 0 Å². The van der Waals surface area contributed by atoms with Crippen LogP contribution in [0.3, 0.4) is 0 Å². The van der Waals surface area contributed by atoms with E-state index in [1.165, 1.54) is 18.2 Å². The number of hydrogen-bond acceptors (Lipinski definition) is 16. The Kier molecular flexibility index (Phi) is 12.4. The first-order valence-corrected chi connectivity index (χ1v) is 26.7. The lowest BCUT2D eigenvalue weighted by molar-refractivity contribution is -0.157. The third-order valence-corrected chi connectivity index (χ3v) is 17.5. The van der Waals surface area contributed by atoms with E-state index in [2.05, 4.69) is 22.5 Å². The normalized spacial score (nSPS) is 18.9. The standard InChI is InChI=1S/C56H49ClF2N10O7S/c1-4-31-33-19-30(7-10-41(33)63-46-37(31)24-69-42(46)21-34-38(53(69)72)25-74-54(73)48(34)70)76-28(3)27(2)52(71)68-18-17-66(23-29(68)11-14-60)51-35-20-39(57)44(32-8-9-40(58)49-43(32)36(22-61)50(62)77-49)45(59)47(35)64-55(65-51)75-26-56-12-5-15-67(56)16-6-13-56/h7-10,19-21,28-29,48,70H,2,4-6,11-13,15-18,23-26,62H2,1,3H3. The average Bonchev–Trinajstić information content (AvgIpc) is 4.28. The number of nitrogens with two attached hydrogens (primary N) is 1. The van der Waals surface area contributed by atoms with Gasteiger partial charge in [0.1, 0.15) is 53.3 Å². The Balaban J connectivity index is 0.828. The molecule has 0 bridgehead atoms. The third kappa shape index (κ3) is 8.02. The second kappa shape index (κ2) is 19.1. The van der Waals surface area contributed by atoms with Crippen LogP contribution in [0.5, 0.6) is 11.8 Å². The smallest absolute Gasteiger partial charge is 0.340 e. The molecule has 3 unspecified atom stereocenters. The molecule has 392 valence electrons. The quantitative estimate of drug-likeness (QED) is 0.0918. The summed E-state index contributed by atoms with van der Waals surface area (Å²) in [5.74, 6) is -1.97. The molecule has 5 aliphatic heterocycles. The lowest BCUT2D eigenvalue weighted by Crippen LogP contribution is -2.56. The molecule has 3 aromatic carbocycles. The monoisotopic (exact) mass is 1080 g/mol. The van der Waals surface area contributed by atoms with E-state index in [1.54, 1.807) is 34.6 Å². The molecule has 77 heavy (non-hydrogen) atoms. The number of rotatable bonds is 11. The van der Waals surface area contributed by atoms with E-state index in [9.17, 15) is 30.0 Å². The number of ether oxygens (including phenoxy) is 3. The van der Waals surface area contributed by atoms with E-state index in [0.29, 0.717) is 29.1 Å². The van der Waals surface area contributed by atoms with Gasteiger partial charge >= 0.3 is 12.0 Å². The maximum absolute atomic E-state index is 17.5. The van der Waals surface area contributed by atoms with Crippen LogP contribution in [0.25, 0.3) is 54.4 Å². The molecule has 3 fully saturated rings. The molecule has 0 saturated carbocycles. The molecule has 0 spiro atoms. The van der Waals surface area contributed by atoms with Gasteiger partial charge in [0.2, 0.25) is 0 Å². The van der Waals surface area contributed by atoms with Crippen LogP contribution in [0.15, 0.2) is 59.4 Å². The zero-order valence-corrected chi connectivity index (χ0v) is 43.5. The summed E-state index contributed by atoms with van der Waals surface area (Å²) in [6, 6.07) is 14.6. The molecule has 12 rings (SSSR count). The van der Waals surface area contributed by atoms with Crippen LogP contribution in [-0.2, 0) is 33.9 Å². The largest absolute Gasteiger partial charge is 0.486 e. The summed E-state index contributed by atoms with van der Waals surface area (Å²) in [7, 11) is 0. The molecular formula is C56H49ClF2N10O7S. The Morgan fingerprint density at radius 2 is 1.86 bits per heavy atom. The third-order valence-electron chi connectivity index (χ3n) is 16.2. The number of anilines is 2. The molecule has 21 heteroatoms. The van der Waals surface area contributed by atoms with Crippen LogP contribution in [-0.4, -0.2) is 103 Å². The fourth-order valence-electron chi connectivity index (χ4n) is 12.3. The summed E-state index contributed by atoms with van der Waals surface area (Å²) in [5, 5.41) is 32.0. The number of hydrogen-bond donors (Lipinski definition) is 2. The number of nitrogens with zero attached hydrogens (tertiary/aromatic N) is 9. The molecule has 3 saturated heterocycles. The zero-order valence-electron chi connectivity index (χ0n) is 41.9. The summed E-state index contributed by atoms with van der Waals surface area (Å²) >= 11 is 7.91. The lowest BCUT2D eigenvalue weighted by atomic mass is 9.95. The molecule has 0 radical (unpaired) electrons. The molecule has 0 aliphatic carbocycles. The summed E-state index contributed by atoms with van der Waals surface area (Å²) in [4.78, 5) is 60.8. The van der Waals surface area contributed by atoms with Crippen molar-refractivity contribution in [3.63, 3.8) is 0 Å². The van der Waals surface area contributed by atoms with Crippen LogP contribution < -0.4 is 25.7 Å². The van der Waals surface area contributed by atoms with Crippen LogP contribution in [0.4, 0.5) is 19.6 Å². The number of carbonyl (C=O) groups is 2. The summed E-state index contributed by atoms with van der Waals surface area (Å²) in [6.45, 7) is 10.5. The van der Waals surface area contributed by atoms with Crippen molar-refractivity contribution >= 4 is 77.5 Å². The van der Waals surface area contributed by atoms with Gasteiger partial charge in [-0.15, -0.1) is 11.3 Å². The fourth-order valence-corrected chi connectivity index (χ4v) is 13.5. The van der Waals surface area contributed by atoms with E-state index in [-0.39, 0.29) is 133 Å². The molecule has 5 aliphatic rings. The number of aryl methyl sites for hydroxylation is 1. The summed E-state index contributed by atoms with van der Waals surface area (Å²) in [6.07, 6.45) is 2.05. The fraction of sp³-hybridized carbons (Fsp3) is 0.357. The maximum Gasteiger partial charge on any atom is 0.340 e. The lowest BCUT2D eigenvalue weighted by Gasteiger charge is -2.42. The Morgan fingerprint density at radius 3 is 2.61 bits per heavy atom.